The molecule has 0 unspecified atom stereocenters. The molecular formula is C17H27N5O2. The number of urea groups is 1. The quantitative estimate of drug-likeness (QED) is 0.901. The highest BCUT2D eigenvalue weighted by Gasteiger charge is 2.34. The highest BCUT2D eigenvalue weighted by Crippen LogP contribution is 2.31. The van der Waals surface area contributed by atoms with Crippen molar-refractivity contribution in [1.29, 1.82) is 0 Å². The average Bonchev–Trinajstić information content (AvgIpc) is 3.29. The van der Waals surface area contributed by atoms with Gasteiger partial charge in [0.15, 0.2) is 0 Å². The van der Waals surface area contributed by atoms with Crippen molar-refractivity contribution in [2.75, 3.05) is 31.5 Å². The number of aromatic nitrogens is 2. The molecule has 0 atom stereocenters. The Morgan fingerprint density at radius 1 is 1.12 bits per heavy atom. The number of amides is 3. The van der Waals surface area contributed by atoms with E-state index in [1.54, 1.807) is 11.1 Å². The van der Waals surface area contributed by atoms with E-state index in [9.17, 15) is 9.59 Å². The van der Waals surface area contributed by atoms with Crippen LogP contribution in [-0.4, -0.2) is 57.7 Å². The van der Waals surface area contributed by atoms with Crippen LogP contribution in [0.5, 0.6) is 0 Å². The van der Waals surface area contributed by atoms with E-state index in [4.69, 9.17) is 0 Å². The maximum atomic E-state index is 12.6. The van der Waals surface area contributed by atoms with Crippen molar-refractivity contribution in [2.45, 2.75) is 45.6 Å². The Kier molecular flexibility index (Phi) is 4.51. The van der Waals surface area contributed by atoms with Crippen LogP contribution in [0.2, 0.25) is 0 Å². The van der Waals surface area contributed by atoms with Gasteiger partial charge >= 0.3 is 6.03 Å². The molecule has 0 aromatic carbocycles. The van der Waals surface area contributed by atoms with E-state index in [0.717, 1.165) is 25.8 Å². The molecule has 1 saturated carbocycles. The SMILES string of the molecule is CC(C)(C)n1nccc1NC(=O)N1CCCN(C(=O)C2CC2)CC1. The lowest BCUT2D eigenvalue weighted by atomic mass is 10.1. The van der Waals surface area contributed by atoms with E-state index in [-0.39, 0.29) is 23.4 Å². The Labute approximate surface area is 143 Å². The summed E-state index contributed by atoms with van der Waals surface area (Å²) in [6.07, 6.45) is 4.57. The molecule has 1 aromatic heterocycles. The molecular weight excluding hydrogens is 306 g/mol. The van der Waals surface area contributed by atoms with E-state index >= 15 is 0 Å². The van der Waals surface area contributed by atoms with Crippen molar-refractivity contribution < 1.29 is 9.59 Å². The summed E-state index contributed by atoms with van der Waals surface area (Å²) in [6, 6.07) is 1.69. The van der Waals surface area contributed by atoms with Gasteiger partial charge in [0.2, 0.25) is 5.91 Å². The average molecular weight is 333 g/mol. The summed E-state index contributed by atoms with van der Waals surface area (Å²) >= 11 is 0. The minimum absolute atomic E-state index is 0.123. The predicted octanol–water partition coefficient (Wildman–Crippen LogP) is 2.11. The van der Waals surface area contributed by atoms with E-state index in [2.05, 4.69) is 10.4 Å². The molecule has 7 heteroatoms. The van der Waals surface area contributed by atoms with Gasteiger partial charge in [0.1, 0.15) is 5.82 Å². The van der Waals surface area contributed by atoms with Crippen molar-refractivity contribution in [3.05, 3.63) is 12.3 Å². The summed E-state index contributed by atoms with van der Waals surface area (Å²) in [5.41, 5.74) is -0.196. The Hall–Kier alpha value is -2.05. The molecule has 1 aliphatic heterocycles. The zero-order chi connectivity index (χ0) is 17.3. The van der Waals surface area contributed by atoms with Crippen molar-refractivity contribution in [3.63, 3.8) is 0 Å². The van der Waals surface area contributed by atoms with Crippen molar-refractivity contribution in [1.82, 2.24) is 19.6 Å². The molecule has 1 saturated heterocycles. The first kappa shape index (κ1) is 16.8. The monoisotopic (exact) mass is 333 g/mol. The number of carbonyl (C=O) groups is 2. The summed E-state index contributed by atoms with van der Waals surface area (Å²) in [5, 5.41) is 7.25. The molecule has 3 amide bonds. The molecule has 1 aromatic rings. The van der Waals surface area contributed by atoms with Gasteiger partial charge in [-0.05, 0) is 40.0 Å². The van der Waals surface area contributed by atoms with Gasteiger partial charge in [0.05, 0.1) is 11.7 Å². The number of anilines is 1. The van der Waals surface area contributed by atoms with Gasteiger partial charge in [-0.15, -0.1) is 0 Å². The lowest BCUT2D eigenvalue weighted by Gasteiger charge is -2.25. The second-order valence-corrected chi connectivity index (χ2v) is 7.67. The van der Waals surface area contributed by atoms with Crippen molar-refractivity contribution in [2.24, 2.45) is 5.92 Å². The Balaban J connectivity index is 1.59. The second-order valence-electron chi connectivity index (χ2n) is 7.67. The zero-order valence-corrected chi connectivity index (χ0v) is 14.8. The lowest BCUT2D eigenvalue weighted by molar-refractivity contribution is -0.132. The molecule has 3 rings (SSSR count). The minimum Gasteiger partial charge on any atom is -0.341 e. The Bertz CT molecular complexity index is 615. The van der Waals surface area contributed by atoms with Crippen LogP contribution in [0.3, 0.4) is 0 Å². The first-order valence-corrected chi connectivity index (χ1v) is 8.75. The summed E-state index contributed by atoms with van der Waals surface area (Å²) in [4.78, 5) is 28.5. The van der Waals surface area contributed by atoms with Crippen molar-refractivity contribution >= 4 is 17.8 Å². The number of nitrogens with one attached hydrogen (secondary N) is 1. The predicted molar refractivity (Wildman–Crippen MR) is 91.7 cm³/mol. The number of hydrogen-bond acceptors (Lipinski definition) is 3. The number of nitrogens with zero attached hydrogens (tertiary/aromatic N) is 4. The Morgan fingerprint density at radius 2 is 1.79 bits per heavy atom. The van der Waals surface area contributed by atoms with E-state index in [0.29, 0.717) is 25.5 Å². The maximum absolute atomic E-state index is 12.6. The van der Waals surface area contributed by atoms with E-state index < -0.39 is 0 Å². The van der Waals surface area contributed by atoms with Crippen LogP contribution in [-0.2, 0) is 10.3 Å². The molecule has 2 heterocycles. The van der Waals surface area contributed by atoms with Crippen LogP contribution in [0.15, 0.2) is 12.3 Å². The van der Waals surface area contributed by atoms with Crippen molar-refractivity contribution in [3.8, 4) is 0 Å². The van der Waals surface area contributed by atoms with Gasteiger partial charge in [-0.25, -0.2) is 9.48 Å². The zero-order valence-electron chi connectivity index (χ0n) is 14.8. The summed E-state index contributed by atoms with van der Waals surface area (Å²) < 4.78 is 1.81. The smallest absolute Gasteiger partial charge is 0.323 e. The summed E-state index contributed by atoms with van der Waals surface area (Å²) in [5.74, 6) is 1.21. The third kappa shape index (κ3) is 3.71. The highest BCUT2D eigenvalue weighted by atomic mass is 16.2. The standard InChI is InChI=1S/C17H27N5O2/c1-17(2,3)22-14(7-8-18-22)19-16(24)21-10-4-9-20(11-12-21)15(23)13-5-6-13/h7-8,13H,4-6,9-12H2,1-3H3,(H,19,24). The minimum atomic E-state index is -0.196. The van der Waals surface area contributed by atoms with Crippen LogP contribution < -0.4 is 5.32 Å². The fraction of sp³-hybridized carbons (Fsp3) is 0.706. The third-order valence-corrected chi connectivity index (χ3v) is 4.53. The van der Waals surface area contributed by atoms with Crippen LogP contribution in [0, 0.1) is 5.92 Å². The second kappa shape index (κ2) is 6.45. The normalized spacial score (nSPS) is 19.1. The highest BCUT2D eigenvalue weighted by molar-refractivity contribution is 5.88. The van der Waals surface area contributed by atoms with Crippen LogP contribution in [0.25, 0.3) is 0 Å². The van der Waals surface area contributed by atoms with E-state index in [1.807, 2.05) is 36.4 Å². The Morgan fingerprint density at radius 3 is 2.46 bits per heavy atom. The molecule has 7 nitrogen and oxygen atoms in total. The fourth-order valence-electron chi connectivity index (χ4n) is 3.05. The molecule has 1 aliphatic carbocycles. The molecule has 24 heavy (non-hydrogen) atoms. The maximum Gasteiger partial charge on any atom is 0.323 e. The molecule has 0 spiro atoms. The largest absolute Gasteiger partial charge is 0.341 e. The van der Waals surface area contributed by atoms with Crippen LogP contribution in [0.4, 0.5) is 10.6 Å². The third-order valence-electron chi connectivity index (χ3n) is 4.53. The van der Waals surface area contributed by atoms with Gasteiger partial charge < -0.3 is 9.80 Å². The molecule has 132 valence electrons. The fourth-order valence-corrected chi connectivity index (χ4v) is 3.05. The first-order chi connectivity index (χ1) is 11.4. The first-order valence-electron chi connectivity index (χ1n) is 8.75. The van der Waals surface area contributed by atoms with Crippen LogP contribution >= 0.6 is 0 Å². The van der Waals surface area contributed by atoms with Gasteiger partial charge in [-0.3, -0.25) is 10.1 Å². The van der Waals surface area contributed by atoms with E-state index in [1.165, 1.54) is 0 Å². The molecule has 0 radical (unpaired) electrons. The number of carbonyl (C=O) groups excluding carboxylic acids is 2. The van der Waals surface area contributed by atoms with Gasteiger partial charge in [-0.2, -0.15) is 5.10 Å². The van der Waals surface area contributed by atoms with Crippen LogP contribution in [0.1, 0.15) is 40.0 Å². The molecule has 2 fully saturated rings. The van der Waals surface area contributed by atoms with Gasteiger partial charge in [0, 0.05) is 38.2 Å². The lowest BCUT2D eigenvalue weighted by Crippen LogP contribution is -2.40. The number of hydrogen-bond donors (Lipinski definition) is 1. The van der Waals surface area contributed by atoms with Gasteiger partial charge in [0.25, 0.3) is 0 Å². The topological polar surface area (TPSA) is 70.5 Å². The number of rotatable bonds is 2. The molecule has 2 aliphatic rings. The van der Waals surface area contributed by atoms with Gasteiger partial charge in [-0.1, -0.05) is 0 Å². The summed E-state index contributed by atoms with van der Waals surface area (Å²) in [6.45, 7) is 8.76. The molecule has 1 N–H and O–H groups in total. The summed E-state index contributed by atoms with van der Waals surface area (Å²) in [7, 11) is 0. The molecule has 0 bridgehead atoms.